The standard InChI is InChI=1S/C16H11BrN2O/c1-10-5-12(8-18)6-11(2)16(10)20-14-4-3-13(9-19)15(17)7-14/h3-7H,1-2H3. The van der Waals surface area contributed by atoms with E-state index in [-0.39, 0.29) is 0 Å². The molecule has 0 fully saturated rings. The van der Waals surface area contributed by atoms with Crippen molar-refractivity contribution in [3.05, 3.63) is 57.1 Å². The molecule has 0 amide bonds. The molecule has 0 aliphatic rings. The molecule has 0 saturated carbocycles. The fourth-order valence-electron chi connectivity index (χ4n) is 1.94. The van der Waals surface area contributed by atoms with Gasteiger partial charge in [0.2, 0.25) is 0 Å². The van der Waals surface area contributed by atoms with Gasteiger partial charge in [-0.1, -0.05) is 0 Å². The lowest BCUT2D eigenvalue weighted by Gasteiger charge is -2.12. The largest absolute Gasteiger partial charge is 0.457 e. The maximum absolute atomic E-state index is 8.93. The van der Waals surface area contributed by atoms with E-state index in [2.05, 4.69) is 28.1 Å². The van der Waals surface area contributed by atoms with Crippen LogP contribution < -0.4 is 4.74 Å². The zero-order valence-corrected chi connectivity index (χ0v) is 12.7. The highest BCUT2D eigenvalue weighted by molar-refractivity contribution is 9.10. The first-order valence-corrected chi connectivity index (χ1v) is 6.73. The Morgan fingerprint density at radius 2 is 1.65 bits per heavy atom. The smallest absolute Gasteiger partial charge is 0.133 e. The number of hydrogen-bond donors (Lipinski definition) is 0. The molecule has 0 radical (unpaired) electrons. The second kappa shape index (κ2) is 5.77. The van der Waals surface area contributed by atoms with Crippen LogP contribution in [0.25, 0.3) is 0 Å². The maximum Gasteiger partial charge on any atom is 0.133 e. The average Bonchev–Trinajstić information content (AvgIpc) is 2.42. The van der Waals surface area contributed by atoms with Crippen LogP contribution in [-0.4, -0.2) is 0 Å². The summed E-state index contributed by atoms with van der Waals surface area (Å²) in [6.07, 6.45) is 0. The Morgan fingerprint density at radius 3 is 2.15 bits per heavy atom. The van der Waals surface area contributed by atoms with Crippen molar-refractivity contribution in [1.82, 2.24) is 0 Å². The van der Waals surface area contributed by atoms with Gasteiger partial charge in [0.05, 0.1) is 17.2 Å². The Hall–Kier alpha value is -2.30. The summed E-state index contributed by atoms with van der Waals surface area (Å²) in [5, 5.41) is 17.8. The van der Waals surface area contributed by atoms with Gasteiger partial charge < -0.3 is 4.74 Å². The fraction of sp³-hybridized carbons (Fsp3) is 0.125. The zero-order valence-electron chi connectivity index (χ0n) is 11.1. The minimum atomic E-state index is 0.561. The van der Waals surface area contributed by atoms with Gasteiger partial charge in [-0.05, 0) is 71.2 Å². The third-order valence-electron chi connectivity index (χ3n) is 2.87. The quantitative estimate of drug-likeness (QED) is 0.810. The Labute approximate surface area is 126 Å². The number of benzene rings is 2. The molecule has 3 nitrogen and oxygen atoms in total. The summed E-state index contributed by atoms with van der Waals surface area (Å²) in [5.41, 5.74) is 2.99. The molecule has 4 heteroatoms. The molecule has 0 aliphatic heterocycles. The molecule has 0 bridgehead atoms. The summed E-state index contributed by atoms with van der Waals surface area (Å²) >= 11 is 3.33. The third kappa shape index (κ3) is 2.82. The van der Waals surface area contributed by atoms with E-state index in [9.17, 15) is 0 Å². The summed E-state index contributed by atoms with van der Waals surface area (Å²) in [5.74, 6) is 1.38. The number of halogens is 1. The van der Waals surface area contributed by atoms with E-state index in [1.54, 1.807) is 30.3 Å². The van der Waals surface area contributed by atoms with Gasteiger partial charge in [-0.25, -0.2) is 0 Å². The van der Waals surface area contributed by atoms with Crippen molar-refractivity contribution in [2.24, 2.45) is 0 Å². The normalized spacial score (nSPS) is 9.65. The molecular formula is C16H11BrN2O. The van der Waals surface area contributed by atoms with Gasteiger partial charge in [0.15, 0.2) is 0 Å². The molecule has 0 atom stereocenters. The van der Waals surface area contributed by atoms with Crippen LogP contribution in [0.5, 0.6) is 11.5 Å². The molecule has 98 valence electrons. The Morgan fingerprint density at radius 1 is 1.00 bits per heavy atom. The Kier molecular flexibility index (Phi) is 4.08. The van der Waals surface area contributed by atoms with Crippen LogP contribution in [0.4, 0.5) is 0 Å². The first-order chi connectivity index (χ1) is 9.55. The number of ether oxygens (including phenoxy) is 1. The van der Waals surface area contributed by atoms with Crippen LogP contribution in [-0.2, 0) is 0 Å². The first-order valence-electron chi connectivity index (χ1n) is 5.94. The van der Waals surface area contributed by atoms with E-state index in [4.69, 9.17) is 15.3 Å². The number of hydrogen-bond acceptors (Lipinski definition) is 3. The lowest BCUT2D eigenvalue weighted by atomic mass is 10.1. The maximum atomic E-state index is 8.93. The van der Waals surface area contributed by atoms with Gasteiger partial charge in [-0.2, -0.15) is 10.5 Å². The van der Waals surface area contributed by atoms with Crippen molar-refractivity contribution < 1.29 is 4.74 Å². The molecule has 2 aromatic rings. The van der Waals surface area contributed by atoms with Crippen LogP contribution in [0.15, 0.2) is 34.8 Å². The van der Waals surface area contributed by atoms with Crippen LogP contribution in [0.1, 0.15) is 22.3 Å². The molecule has 0 aliphatic carbocycles. The minimum Gasteiger partial charge on any atom is -0.457 e. The topological polar surface area (TPSA) is 56.8 Å². The van der Waals surface area contributed by atoms with Crippen LogP contribution >= 0.6 is 15.9 Å². The van der Waals surface area contributed by atoms with E-state index in [0.717, 1.165) is 16.9 Å². The van der Waals surface area contributed by atoms with Crippen molar-refractivity contribution in [3.63, 3.8) is 0 Å². The van der Waals surface area contributed by atoms with Gasteiger partial charge in [0.1, 0.15) is 17.6 Å². The van der Waals surface area contributed by atoms with Gasteiger partial charge in [0.25, 0.3) is 0 Å². The predicted octanol–water partition coefficient (Wildman–Crippen LogP) is 4.60. The van der Waals surface area contributed by atoms with Crippen molar-refractivity contribution >= 4 is 15.9 Å². The molecule has 0 unspecified atom stereocenters. The summed E-state index contributed by atoms with van der Waals surface area (Å²) in [6.45, 7) is 3.81. The monoisotopic (exact) mass is 326 g/mol. The highest BCUT2D eigenvalue weighted by atomic mass is 79.9. The number of rotatable bonds is 2. The van der Waals surface area contributed by atoms with Crippen LogP contribution in [0.3, 0.4) is 0 Å². The van der Waals surface area contributed by atoms with E-state index >= 15 is 0 Å². The van der Waals surface area contributed by atoms with Gasteiger partial charge in [0, 0.05) is 4.47 Å². The van der Waals surface area contributed by atoms with Crippen molar-refractivity contribution in [2.75, 3.05) is 0 Å². The second-order valence-corrected chi connectivity index (χ2v) is 5.26. The lowest BCUT2D eigenvalue weighted by molar-refractivity contribution is 0.474. The zero-order chi connectivity index (χ0) is 14.7. The highest BCUT2D eigenvalue weighted by Gasteiger charge is 2.09. The molecule has 0 N–H and O–H groups in total. The number of nitrogens with zero attached hydrogens (tertiary/aromatic N) is 2. The molecule has 2 aromatic carbocycles. The summed E-state index contributed by atoms with van der Waals surface area (Å²) < 4.78 is 6.57. The summed E-state index contributed by atoms with van der Waals surface area (Å²) in [7, 11) is 0. The van der Waals surface area contributed by atoms with Gasteiger partial charge in [-0.3, -0.25) is 0 Å². The van der Waals surface area contributed by atoms with Crippen molar-refractivity contribution in [3.8, 4) is 23.6 Å². The van der Waals surface area contributed by atoms with E-state index < -0.39 is 0 Å². The molecular weight excluding hydrogens is 316 g/mol. The van der Waals surface area contributed by atoms with E-state index in [1.165, 1.54) is 0 Å². The SMILES string of the molecule is Cc1cc(C#N)cc(C)c1Oc1ccc(C#N)c(Br)c1. The summed E-state index contributed by atoms with van der Waals surface area (Å²) in [4.78, 5) is 0. The van der Waals surface area contributed by atoms with E-state index in [1.807, 2.05) is 13.8 Å². The molecule has 2 rings (SSSR count). The first kappa shape index (κ1) is 14.1. The predicted molar refractivity (Wildman–Crippen MR) is 79.6 cm³/mol. The van der Waals surface area contributed by atoms with Gasteiger partial charge >= 0.3 is 0 Å². The van der Waals surface area contributed by atoms with Crippen LogP contribution in [0, 0.1) is 36.5 Å². The molecule has 0 heterocycles. The van der Waals surface area contributed by atoms with Crippen LogP contribution in [0.2, 0.25) is 0 Å². The Balaban J connectivity index is 2.39. The van der Waals surface area contributed by atoms with Crippen molar-refractivity contribution in [2.45, 2.75) is 13.8 Å². The summed E-state index contributed by atoms with van der Waals surface area (Å²) in [6, 6.07) is 13.0. The van der Waals surface area contributed by atoms with Gasteiger partial charge in [-0.15, -0.1) is 0 Å². The highest BCUT2D eigenvalue weighted by Crippen LogP contribution is 2.31. The minimum absolute atomic E-state index is 0.561. The average molecular weight is 327 g/mol. The molecule has 0 saturated heterocycles. The third-order valence-corrected chi connectivity index (χ3v) is 3.53. The fourth-order valence-corrected chi connectivity index (χ4v) is 2.39. The molecule has 0 spiro atoms. The number of aryl methyl sites for hydroxylation is 2. The number of nitriles is 2. The van der Waals surface area contributed by atoms with E-state index in [0.29, 0.717) is 21.3 Å². The Bertz CT molecular complexity index is 731. The van der Waals surface area contributed by atoms with Crippen molar-refractivity contribution in [1.29, 1.82) is 10.5 Å². The molecule has 20 heavy (non-hydrogen) atoms. The second-order valence-electron chi connectivity index (χ2n) is 4.41. The molecule has 0 aromatic heterocycles. The lowest BCUT2D eigenvalue weighted by Crippen LogP contribution is -1.93.